The largest absolute Gasteiger partial charge is 0.336 e. The molecule has 1 fully saturated rings. The van der Waals surface area contributed by atoms with E-state index in [-0.39, 0.29) is 17.9 Å². The van der Waals surface area contributed by atoms with Gasteiger partial charge >= 0.3 is 0 Å². The van der Waals surface area contributed by atoms with E-state index >= 15 is 0 Å². The number of carbonyl (C=O) groups is 1. The molecule has 0 unspecified atom stereocenters. The van der Waals surface area contributed by atoms with Crippen molar-refractivity contribution in [3.05, 3.63) is 58.3 Å². The van der Waals surface area contributed by atoms with Gasteiger partial charge in [-0.05, 0) is 17.0 Å². The van der Waals surface area contributed by atoms with Crippen LogP contribution < -0.4 is 5.73 Å². The van der Waals surface area contributed by atoms with Gasteiger partial charge in [0.05, 0.1) is 5.56 Å². The van der Waals surface area contributed by atoms with Gasteiger partial charge in [0, 0.05) is 30.4 Å². The lowest BCUT2D eigenvalue weighted by atomic mass is 9.95. The highest BCUT2D eigenvalue weighted by Crippen LogP contribution is 2.27. The molecule has 19 heavy (non-hydrogen) atoms. The summed E-state index contributed by atoms with van der Waals surface area (Å²) < 4.78 is 0. The van der Waals surface area contributed by atoms with E-state index in [1.807, 2.05) is 39.9 Å². The quantitative estimate of drug-likeness (QED) is 0.912. The van der Waals surface area contributed by atoms with E-state index in [0.717, 1.165) is 5.56 Å². The summed E-state index contributed by atoms with van der Waals surface area (Å²) in [5.41, 5.74) is 8.19. The summed E-state index contributed by atoms with van der Waals surface area (Å²) in [6.07, 6.45) is 0. The number of likely N-dealkylation sites (tertiary alicyclic amines) is 1. The molecule has 2 N–H and O–H groups in total. The summed E-state index contributed by atoms with van der Waals surface area (Å²) in [4.78, 5) is 14.2. The summed E-state index contributed by atoms with van der Waals surface area (Å²) in [5, 5.41) is 3.82. The molecule has 0 bridgehead atoms. The molecule has 1 amide bonds. The Morgan fingerprint density at radius 3 is 2.68 bits per heavy atom. The Hall–Kier alpha value is -1.65. The van der Waals surface area contributed by atoms with Crippen LogP contribution in [0.2, 0.25) is 0 Å². The SMILES string of the molecule is N[C@@H]1CN(C(=O)c2ccsc2)C[C@H]1c1ccccc1. The van der Waals surface area contributed by atoms with Crippen LogP contribution in [-0.4, -0.2) is 29.9 Å². The molecule has 0 spiro atoms. The van der Waals surface area contributed by atoms with Gasteiger partial charge < -0.3 is 10.6 Å². The minimum Gasteiger partial charge on any atom is -0.336 e. The molecule has 2 atom stereocenters. The molecule has 3 nitrogen and oxygen atoms in total. The minimum absolute atomic E-state index is 0.0185. The zero-order valence-corrected chi connectivity index (χ0v) is 11.3. The normalized spacial score (nSPS) is 22.7. The van der Waals surface area contributed by atoms with Crippen molar-refractivity contribution >= 4 is 17.2 Å². The number of hydrogen-bond acceptors (Lipinski definition) is 3. The molecule has 2 aromatic rings. The molecule has 0 saturated carbocycles. The first-order chi connectivity index (χ1) is 9.25. The first-order valence-electron chi connectivity index (χ1n) is 6.37. The van der Waals surface area contributed by atoms with Crippen LogP contribution in [0.4, 0.5) is 0 Å². The number of amides is 1. The molecular formula is C15H16N2OS. The Labute approximate surface area is 116 Å². The maximum atomic E-state index is 12.3. The molecule has 1 aliphatic heterocycles. The number of carbonyl (C=O) groups excluding carboxylic acids is 1. The van der Waals surface area contributed by atoms with Crippen molar-refractivity contribution in [3.63, 3.8) is 0 Å². The van der Waals surface area contributed by atoms with Gasteiger partial charge in [0.15, 0.2) is 0 Å². The van der Waals surface area contributed by atoms with Crippen LogP contribution in [0.25, 0.3) is 0 Å². The molecule has 1 saturated heterocycles. The Kier molecular flexibility index (Phi) is 3.36. The second-order valence-corrected chi connectivity index (χ2v) is 5.68. The second kappa shape index (κ2) is 5.15. The molecule has 2 heterocycles. The topological polar surface area (TPSA) is 46.3 Å². The number of hydrogen-bond donors (Lipinski definition) is 1. The zero-order valence-electron chi connectivity index (χ0n) is 10.5. The van der Waals surface area contributed by atoms with Crippen molar-refractivity contribution < 1.29 is 4.79 Å². The maximum Gasteiger partial charge on any atom is 0.254 e. The summed E-state index contributed by atoms with van der Waals surface area (Å²) in [6.45, 7) is 1.34. The number of thiophene rings is 1. The maximum absolute atomic E-state index is 12.3. The predicted octanol–water partition coefficient (Wildman–Crippen LogP) is 2.32. The van der Waals surface area contributed by atoms with Crippen molar-refractivity contribution in [1.82, 2.24) is 4.90 Å². The smallest absolute Gasteiger partial charge is 0.254 e. The average molecular weight is 272 g/mol. The van der Waals surface area contributed by atoms with Crippen LogP contribution in [0.5, 0.6) is 0 Å². The first-order valence-corrected chi connectivity index (χ1v) is 7.32. The Bertz CT molecular complexity index is 553. The van der Waals surface area contributed by atoms with E-state index in [4.69, 9.17) is 5.73 Å². The summed E-state index contributed by atoms with van der Waals surface area (Å²) >= 11 is 1.55. The van der Waals surface area contributed by atoms with Crippen LogP contribution in [0.1, 0.15) is 21.8 Å². The van der Waals surface area contributed by atoms with Crippen molar-refractivity contribution in [1.29, 1.82) is 0 Å². The van der Waals surface area contributed by atoms with Crippen LogP contribution in [0.15, 0.2) is 47.2 Å². The second-order valence-electron chi connectivity index (χ2n) is 4.90. The molecule has 4 heteroatoms. The first kappa shape index (κ1) is 12.4. The van der Waals surface area contributed by atoms with Crippen molar-refractivity contribution in [2.45, 2.75) is 12.0 Å². The van der Waals surface area contributed by atoms with Gasteiger partial charge in [-0.2, -0.15) is 11.3 Å². The van der Waals surface area contributed by atoms with E-state index in [1.54, 1.807) is 11.3 Å². The Morgan fingerprint density at radius 1 is 1.21 bits per heavy atom. The van der Waals surface area contributed by atoms with Crippen molar-refractivity contribution in [2.24, 2.45) is 5.73 Å². The third-order valence-corrected chi connectivity index (χ3v) is 4.33. The fourth-order valence-electron chi connectivity index (χ4n) is 2.62. The number of rotatable bonds is 2. The van der Waals surface area contributed by atoms with Gasteiger partial charge in [0.2, 0.25) is 0 Å². The van der Waals surface area contributed by atoms with Crippen molar-refractivity contribution in [3.8, 4) is 0 Å². The lowest BCUT2D eigenvalue weighted by Crippen LogP contribution is -2.31. The molecule has 0 aliphatic carbocycles. The predicted molar refractivity (Wildman–Crippen MR) is 77.4 cm³/mol. The van der Waals surface area contributed by atoms with Gasteiger partial charge in [0.25, 0.3) is 5.91 Å². The molecule has 98 valence electrons. The molecule has 1 aromatic heterocycles. The Balaban J connectivity index is 1.77. The summed E-state index contributed by atoms with van der Waals surface area (Å²) in [5.74, 6) is 0.332. The lowest BCUT2D eigenvalue weighted by Gasteiger charge is -2.15. The molecule has 1 aromatic carbocycles. The van der Waals surface area contributed by atoms with Gasteiger partial charge in [0.1, 0.15) is 0 Å². The molecule has 1 aliphatic rings. The van der Waals surface area contributed by atoms with E-state index in [9.17, 15) is 4.79 Å². The molecule has 3 rings (SSSR count). The van der Waals surface area contributed by atoms with Crippen LogP contribution in [-0.2, 0) is 0 Å². The van der Waals surface area contributed by atoms with Gasteiger partial charge in [-0.15, -0.1) is 0 Å². The highest BCUT2D eigenvalue weighted by atomic mass is 32.1. The fraction of sp³-hybridized carbons (Fsp3) is 0.267. The van der Waals surface area contributed by atoms with Gasteiger partial charge in [-0.3, -0.25) is 4.79 Å². The van der Waals surface area contributed by atoms with E-state index in [1.165, 1.54) is 5.56 Å². The fourth-order valence-corrected chi connectivity index (χ4v) is 3.25. The average Bonchev–Trinajstić information content (AvgIpc) is 3.08. The number of benzene rings is 1. The summed E-state index contributed by atoms with van der Waals surface area (Å²) in [6, 6.07) is 12.1. The Morgan fingerprint density at radius 2 is 2.00 bits per heavy atom. The minimum atomic E-state index is 0.0185. The third-order valence-electron chi connectivity index (χ3n) is 3.65. The van der Waals surface area contributed by atoms with Crippen LogP contribution in [0.3, 0.4) is 0 Å². The monoisotopic (exact) mass is 272 g/mol. The van der Waals surface area contributed by atoms with E-state index in [2.05, 4.69) is 12.1 Å². The van der Waals surface area contributed by atoms with Crippen molar-refractivity contribution in [2.75, 3.05) is 13.1 Å². The lowest BCUT2D eigenvalue weighted by molar-refractivity contribution is 0.0789. The molecular weight excluding hydrogens is 256 g/mol. The van der Waals surface area contributed by atoms with Gasteiger partial charge in [-0.1, -0.05) is 30.3 Å². The zero-order chi connectivity index (χ0) is 13.2. The highest BCUT2D eigenvalue weighted by Gasteiger charge is 2.34. The molecule has 0 radical (unpaired) electrons. The van der Waals surface area contributed by atoms with Crippen LogP contribution >= 0.6 is 11.3 Å². The van der Waals surface area contributed by atoms with E-state index < -0.39 is 0 Å². The van der Waals surface area contributed by atoms with Gasteiger partial charge in [-0.25, -0.2) is 0 Å². The van der Waals surface area contributed by atoms with E-state index in [0.29, 0.717) is 13.1 Å². The number of nitrogens with zero attached hydrogens (tertiary/aromatic N) is 1. The summed E-state index contributed by atoms with van der Waals surface area (Å²) in [7, 11) is 0. The van der Waals surface area contributed by atoms with Crippen LogP contribution in [0, 0.1) is 0 Å². The highest BCUT2D eigenvalue weighted by molar-refractivity contribution is 7.08. The third kappa shape index (κ3) is 2.41. The standard InChI is InChI=1S/C15H16N2OS/c16-14-9-17(15(18)12-6-7-19-10-12)8-13(14)11-4-2-1-3-5-11/h1-7,10,13-14H,8-9,16H2/t13-,14+/m0/s1. The number of nitrogens with two attached hydrogens (primary N) is 1.